The standard InChI is InChI=1S/C23H17N5O3/c29-20(14-28-18-12-6-7-13-19(18)31-23(28)30)24-17-11-5-4-10-16(17)22-25-21(26-27-22)15-8-2-1-3-9-15/h1-13H,14H2,(H,24,29)(H,25,26,27). The highest BCUT2D eigenvalue weighted by molar-refractivity contribution is 5.95. The zero-order valence-corrected chi connectivity index (χ0v) is 16.3. The van der Waals surface area contributed by atoms with Gasteiger partial charge in [-0.1, -0.05) is 54.6 Å². The first-order chi connectivity index (χ1) is 15.2. The largest absolute Gasteiger partial charge is 0.420 e. The SMILES string of the molecule is O=C(Cn1c(=O)oc2ccccc21)Nc1ccccc1-c1nc(-c2ccccc2)n[nH]1. The first kappa shape index (κ1) is 18.6. The van der Waals surface area contributed by atoms with Gasteiger partial charge in [0.2, 0.25) is 5.91 Å². The summed E-state index contributed by atoms with van der Waals surface area (Å²) in [5, 5.41) is 10.1. The van der Waals surface area contributed by atoms with Crippen molar-refractivity contribution in [3.63, 3.8) is 0 Å². The lowest BCUT2D eigenvalue weighted by Gasteiger charge is -2.09. The molecule has 0 aliphatic heterocycles. The lowest BCUT2D eigenvalue weighted by molar-refractivity contribution is -0.116. The number of benzene rings is 3. The van der Waals surface area contributed by atoms with Crippen LogP contribution in [0.25, 0.3) is 33.9 Å². The van der Waals surface area contributed by atoms with E-state index in [1.807, 2.05) is 48.5 Å². The van der Waals surface area contributed by atoms with E-state index in [0.29, 0.717) is 34.0 Å². The number of amides is 1. The van der Waals surface area contributed by atoms with E-state index >= 15 is 0 Å². The number of anilines is 1. The lowest BCUT2D eigenvalue weighted by atomic mass is 10.1. The fourth-order valence-electron chi connectivity index (χ4n) is 3.39. The maximum Gasteiger partial charge on any atom is 0.420 e. The third-order valence-electron chi connectivity index (χ3n) is 4.85. The molecule has 1 amide bonds. The third kappa shape index (κ3) is 3.62. The molecule has 0 unspecified atom stereocenters. The molecule has 2 aromatic heterocycles. The number of carbonyl (C=O) groups is 1. The molecule has 0 saturated heterocycles. The van der Waals surface area contributed by atoms with Crippen LogP contribution in [-0.4, -0.2) is 25.7 Å². The van der Waals surface area contributed by atoms with Gasteiger partial charge in [-0.2, -0.15) is 5.10 Å². The van der Waals surface area contributed by atoms with Crippen molar-refractivity contribution in [2.75, 3.05) is 5.32 Å². The minimum atomic E-state index is -0.577. The Morgan fingerprint density at radius 2 is 1.71 bits per heavy atom. The number of hydrogen-bond acceptors (Lipinski definition) is 5. The Balaban J connectivity index is 1.41. The van der Waals surface area contributed by atoms with Crippen molar-refractivity contribution < 1.29 is 9.21 Å². The van der Waals surface area contributed by atoms with E-state index in [-0.39, 0.29) is 12.5 Å². The van der Waals surface area contributed by atoms with Crippen molar-refractivity contribution >= 4 is 22.7 Å². The molecule has 0 spiro atoms. The van der Waals surface area contributed by atoms with Crippen LogP contribution in [0.3, 0.4) is 0 Å². The Morgan fingerprint density at radius 3 is 2.58 bits per heavy atom. The molecule has 0 saturated carbocycles. The van der Waals surface area contributed by atoms with Crippen molar-refractivity contribution in [2.24, 2.45) is 0 Å². The van der Waals surface area contributed by atoms with Gasteiger partial charge in [-0.15, -0.1) is 0 Å². The summed E-state index contributed by atoms with van der Waals surface area (Å²) in [5.74, 6) is 0.158. The molecule has 0 fully saturated rings. The molecule has 2 N–H and O–H groups in total. The fraction of sp³-hybridized carbons (Fsp3) is 0.0435. The Morgan fingerprint density at radius 1 is 0.968 bits per heavy atom. The minimum Gasteiger partial charge on any atom is -0.408 e. The predicted octanol–water partition coefficient (Wildman–Crippen LogP) is 3.69. The highest BCUT2D eigenvalue weighted by atomic mass is 16.4. The molecular weight excluding hydrogens is 394 g/mol. The van der Waals surface area contributed by atoms with Gasteiger partial charge in [0.25, 0.3) is 0 Å². The van der Waals surface area contributed by atoms with Crippen LogP contribution in [-0.2, 0) is 11.3 Å². The van der Waals surface area contributed by atoms with Gasteiger partial charge in [-0.25, -0.2) is 9.78 Å². The van der Waals surface area contributed by atoms with Crippen molar-refractivity contribution in [1.82, 2.24) is 19.7 Å². The number of oxazole rings is 1. The van der Waals surface area contributed by atoms with Gasteiger partial charge in [0.05, 0.1) is 11.2 Å². The van der Waals surface area contributed by atoms with Crippen molar-refractivity contribution in [3.05, 3.63) is 89.4 Å². The summed E-state index contributed by atoms with van der Waals surface area (Å²) in [4.78, 5) is 29.4. The Labute approximate surface area is 176 Å². The molecule has 8 heteroatoms. The maximum atomic E-state index is 12.7. The Bertz CT molecular complexity index is 1430. The lowest BCUT2D eigenvalue weighted by Crippen LogP contribution is -2.25. The fourth-order valence-corrected chi connectivity index (χ4v) is 3.39. The number of nitrogens with zero attached hydrogens (tertiary/aromatic N) is 3. The van der Waals surface area contributed by atoms with E-state index in [1.54, 1.807) is 30.3 Å². The minimum absolute atomic E-state index is 0.171. The zero-order chi connectivity index (χ0) is 21.2. The van der Waals surface area contributed by atoms with Gasteiger partial charge in [-0.3, -0.25) is 14.5 Å². The smallest absolute Gasteiger partial charge is 0.408 e. The summed E-state index contributed by atoms with van der Waals surface area (Å²) in [6.45, 7) is -0.171. The second kappa shape index (κ2) is 7.75. The monoisotopic (exact) mass is 411 g/mol. The molecule has 5 aromatic rings. The summed E-state index contributed by atoms with van der Waals surface area (Å²) in [5.41, 5.74) is 3.14. The van der Waals surface area contributed by atoms with E-state index in [2.05, 4.69) is 20.5 Å². The normalized spacial score (nSPS) is 11.0. The summed E-state index contributed by atoms with van der Waals surface area (Å²) in [6.07, 6.45) is 0. The Hall–Kier alpha value is -4.46. The molecule has 0 atom stereocenters. The van der Waals surface area contributed by atoms with Crippen LogP contribution in [0.1, 0.15) is 0 Å². The number of para-hydroxylation sites is 3. The number of hydrogen-bond donors (Lipinski definition) is 2. The van der Waals surface area contributed by atoms with E-state index in [4.69, 9.17) is 4.42 Å². The van der Waals surface area contributed by atoms with Crippen LogP contribution in [0.2, 0.25) is 0 Å². The molecule has 152 valence electrons. The number of rotatable bonds is 5. The summed E-state index contributed by atoms with van der Waals surface area (Å²) >= 11 is 0. The van der Waals surface area contributed by atoms with Crippen molar-refractivity contribution in [2.45, 2.75) is 6.54 Å². The van der Waals surface area contributed by atoms with Gasteiger partial charge >= 0.3 is 5.76 Å². The second-order valence-electron chi connectivity index (χ2n) is 6.89. The van der Waals surface area contributed by atoms with Crippen molar-refractivity contribution in [1.29, 1.82) is 0 Å². The van der Waals surface area contributed by atoms with E-state index < -0.39 is 5.76 Å². The van der Waals surface area contributed by atoms with Crippen LogP contribution < -0.4 is 11.1 Å². The number of carbonyl (C=O) groups excluding carboxylic acids is 1. The maximum absolute atomic E-state index is 12.7. The third-order valence-corrected chi connectivity index (χ3v) is 4.85. The van der Waals surface area contributed by atoms with Gasteiger partial charge in [-0.05, 0) is 24.3 Å². The molecule has 5 rings (SSSR count). The molecular formula is C23H17N5O3. The summed E-state index contributed by atoms with van der Waals surface area (Å²) < 4.78 is 6.49. The summed E-state index contributed by atoms with van der Waals surface area (Å²) in [7, 11) is 0. The first-order valence-corrected chi connectivity index (χ1v) is 9.64. The predicted molar refractivity (Wildman–Crippen MR) is 116 cm³/mol. The van der Waals surface area contributed by atoms with Crippen LogP contribution >= 0.6 is 0 Å². The Kier molecular flexibility index (Phi) is 4.64. The molecule has 0 aliphatic rings. The van der Waals surface area contributed by atoms with E-state index in [1.165, 1.54) is 4.57 Å². The molecule has 31 heavy (non-hydrogen) atoms. The van der Waals surface area contributed by atoms with Crippen LogP contribution in [0.15, 0.2) is 88.1 Å². The van der Waals surface area contributed by atoms with E-state index in [9.17, 15) is 9.59 Å². The van der Waals surface area contributed by atoms with E-state index in [0.717, 1.165) is 5.56 Å². The number of fused-ring (bicyclic) bond motifs is 1. The van der Waals surface area contributed by atoms with Gasteiger partial charge in [0, 0.05) is 11.1 Å². The summed E-state index contributed by atoms with van der Waals surface area (Å²) in [6, 6.07) is 23.9. The van der Waals surface area contributed by atoms with Crippen LogP contribution in [0, 0.1) is 0 Å². The topological polar surface area (TPSA) is 106 Å². The number of H-pyrrole nitrogens is 1. The molecule has 2 heterocycles. The number of nitrogens with one attached hydrogen (secondary N) is 2. The van der Waals surface area contributed by atoms with Crippen LogP contribution in [0.5, 0.6) is 0 Å². The number of aromatic amines is 1. The second-order valence-corrected chi connectivity index (χ2v) is 6.89. The highest BCUT2D eigenvalue weighted by Crippen LogP contribution is 2.26. The van der Waals surface area contributed by atoms with Gasteiger partial charge in [0.1, 0.15) is 6.54 Å². The van der Waals surface area contributed by atoms with Gasteiger partial charge < -0.3 is 9.73 Å². The molecule has 0 bridgehead atoms. The quantitative estimate of drug-likeness (QED) is 0.459. The average molecular weight is 411 g/mol. The molecule has 0 radical (unpaired) electrons. The van der Waals surface area contributed by atoms with Crippen molar-refractivity contribution in [3.8, 4) is 22.8 Å². The van der Waals surface area contributed by atoms with Gasteiger partial charge in [0.15, 0.2) is 17.2 Å². The molecule has 3 aromatic carbocycles. The highest BCUT2D eigenvalue weighted by Gasteiger charge is 2.16. The first-order valence-electron chi connectivity index (χ1n) is 9.64. The average Bonchev–Trinajstić information content (AvgIpc) is 3.40. The number of aromatic nitrogens is 4. The molecule has 0 aliphatic carbocycles. The molecule has 8 nitrogen and oxygen atoms in total. The van der Waals surface area contributed by atoms with Crippen LogP contribution in [0.4, 0.5) is 5.69 Å². The zero-order valence-electron chi connectivity index (χ0n) is 16.3.